The smallest absolute Gasteiger partial charge is 0.370 e. The molecular formula is C14H22F3N3. The van der Waals surface area contributed by atoms with Gasteiger partial charge in [0.1, 0.15) is 11.6 Å². The standard InChI is InChI=1S/C14H22F3N3/c1-4-6-7-10(3)19-13-9-11(14(15,16)17)8-12(20-13)18-5-2/h8-10H,4-7H2,1-3H3,(H2,18,19,20). The topological polar surface area (TPSA) is 37.0 Å². The number of hydrogen-bond acceptors (Lipinski definition) is 3. The Morgan fingerprint density at radius 3 is 2.40 bits per heavy atom. The van der Waals surface area contributed by atoms with Crippen LogP contribution in [0.4, 0.5) is 24.8 Å². The van der Waals surface area contributed by atoms with E-state index in [1.807, 2.05) is 13.8 Å². The molecule has 1 rings (SSSR count). The Kier molecular flexibility index (Phi) is 6.10. The van der Waals surface area contributed by atoms with E-state index in [1.54, 1.807) is 0 Å². The fourth-order valence-corrected chi connectivity index (χ4v) is 1.87. The van der Waals surface area contributed by atoms with Gasteiger partial charge in [0.15, 0.2) is 0 Å². The number of unbranched alkanes of at least 4 members (excludes halogenated alkanes) is 1. The molecule has 1 aromatic heterocycles. The van der Waals surface area contributed by atoms with E-state index in [1.165, 1.54) is 0 Å². The van der Waals surface area contributed by atoms with Crippen LogP contribution >= 0.6 is 0 Å². The highest BCUT2D eigenvalue weighted by Gasteiger charge is 2.31. The largest absolute Gasteiger partial charge is 0.416 e. The monoisotopic (exact) mass is 289 g/mol. The van der Waals surface area contributed by atoms with Gasteiger partial charge in [-0.3, -0.25) is 0 Å². The molecule has 0 amide bonds. The molecule has 0 fully saturated rings. The third-order valence-electron chi connectivity index (χ3n) is 2.90. The Balaban J connectivity index is 2.91. The van der Waals surface area contributed by atoms with Gasteiger partial charge in [-0.25, -0.2) is 4.98 Å². The van der Waals surface area contributed by atoms with Crippen molar-refractivity contribution in [3.05, 3.63) is 17.7 Å². The maximum absolute atomic E-state index is 12.8. The van der Waals surface area contributed by atoms with Crippen molar-refractivity contribution in [3.63, 3.8) is 0 Å². The second kappa shape index (κ2) is 7.36. The van der Waals surface area contributed by atoms with Crippen molar-refractivity contribution in [3.8, 4) is 0 Å². The summed E-state index contributed by atoms with van der Waals surface area (Å²) in [5.74, 6) is 0.506. The van der Waals surface area contributed by atoms with Crippen molar-refractivity contribution >= 4 is 11.6 Å². The molecule has 2 N–H and O–H groups in total. The minimum atomic E-state index is -4.36. The van der Waals surface area contributed by atoms with E-state index in [0.717, 1.165) is 31.4 Å². The van der Waals surface area contributed by atoms with Gasteiger partial charge in [0.2, 0.25) is 0 Å². The number of nitrogens with zero attached hydrogens (tertiary/aromatic N) is 1. The maximum atomic E-state index is 12.8. The summed E-state index contributed by atoms with van der Waals surface area (Å²) in [4.78, 5) is 4.16. The lowest BCUT2D eigenvalue weighted by atomic mass is 10.1. The number of nitrogens with one attached hydrogen (secondary N) is 2. The van der Waals surface area contributed by atoms with Crippen LogP contribution < -0.4 is 10.6 Å². The molecule has 1 unspecified atom stereocenters. The molecule has 0 saturated carbocycles. The summed E-state index contributed by atoms with van der Waals surface area (Å²) in [6.45, 7) is 6.38. The van der Waals surface area contributed by atoms with Crippen LogP contribution in [0.1, 0.15) is 45.6 Å². The molecule has 1 heterocycles. The van der Waals surface area contributed by atoms with E-state index in [0.29, 0.717) is 6.54 Å². The predicted octanol–water partition coefficient (Wildman–Crippen LogP) is 4.52. The van der Waals surface area contributed by atoms with Crippen molar-refractivity contribution in [1.82, 2.24) is 4.98 Å². The van der Waals surface area contributed by atoms with Gasteiger partial charge in [-0.1, -0.05) is 19.8 Å². The first-order chi connectivity index (χ1) is 9.36. The third-order valence-corrected chi connectivity index (χ3v) is 2.90. The highest BCUT2D eigenvalue weighted by molar-refractivity contribution is 5.50. The summed E-state index contributed by atoms with van der Waals surface area (Å²) in [6.07, 6.45) is -1.36. The molecule has 6 heteroatoms. The molecule has 0 aliphatic rings. The van der Waals surface area contributed by atoms with E-state index in [4.69, 9.17) is 0 Å². The number of anilines is 2. The minimum Gasteiger partial charge on any atom is -0.370 e. The van der Waals surface area contributed by atoms with Gasteiger partial charge in [0, 0.05) is 12.6 Å². The highest BCUT2D eigenvalue weighted by Crippen LogP contribution is 2.32. The molecule has 20 heavy (non-hydrogen) atoms. The van der Waals surface area contributed by atoms with Crippen LogP contribution in [0.15, 0.2) is 12.1 Å². The lowest BCUT2D eigenvalue weighted by Gasteiger charge is -2.17. The Morgan fingerprint density at radius 1 is 1.20 bits per heavy atom. The average molecular weight is 289 g/mol. The molecule has 3 nitrogen and oxygen atoms in total. The van der Waals surface area contributed by atoms with Crippen LogP contribution in [-0.4, -0.2) is 17.6 Å². The molecule has 1 aromatic rings. The first-order valence-electron chi connectivity index (χ1n) is 6.96. The van der Waals surface area contributed by atoms with Crippen LogP contribution in [0.25, 0.3) is 0 Å². The van der Waals surface area contributed by atoms with Gasteiger partial charge in [-0.05, 0) is 32.4 Å². The number of rotatable bonds is 7. The fourth-order valence-electron chi connectivity index (χ4n) is 1.87. The zero-order valence-corrected chi connectivity index (χ0v) is 12.1. The van der Waals surface area contributed by atoms with E-state index in [-0.39, 0.29) is 17.7 Å². The summed E-state index contributed by atoms with van der Waals surface area (Å²) in [5, 5.41) is 5.86. The molecule has 0 aliphatic carbocycles. The normalized spacial score (nSPS) is 13.1. The number of alkyl halides is 3. The molecule has 0 radical (unpaired) electrons. The molecule has 0 aliphatic heterocycles. The Labute approximate surface area is 118 Å². The molecule has 0 aromatic carbocycles. The third kappa shape index (κ3) is 5.27. The summed E-state index contributed by atoms with van der Waals surface area (Å²) < 4.78 is 38.5. The molecule has 1 atom stereocenters. The average Bonchev–Trinajstić information content (AvgIpc) is 2.35. The minimum absolute atomic E-state index is 0.0976. The molecule has 0 bridgehead atoms. The number of halogens is 3. The van der Waals surface area contributed by atoms with Gasteiger partial charge in [0.25, 0.3) is 0 Å². The number of aromatic nitrogens is 1. The number of pyridine rings is 1. The second-order valence-corrected chi connectivity index (χ2v) is 4.84. The van der Waals surface area contributed by atoms with Crippen LogP contribution in [-0.2, 0) is 6.18 Å². The van der Waals surface area contributed by atoms with Crippen molar-refractivity contribution in [2.45, 2.75) is 52.3 Å². The van der Waals surface area contributed by atoms with E-state index >= 15 is 0 Å². The van der Waals surface area contributed by atoms with Crippen molar-refractivity contribution in [2.75, 3.05) is 17.2 Å². The maximum Gasteiger partial charge on any atom is 0.416 e. The lowest BCUT2D eigenvalue weighted by Crippen LogP contribution is -2.17. The summed E-state index contributed by atoms with van der Waals surface area (Å²) in [5.41, 5.74) is -0.686. The zero-order chi connectivity index (χ0) is 15.2. The summed E-state index contributed by atoms with van der Waals surface area (Å²) >= 11 is 0. The quantitative estimate of drug-likeness (QED) is 0.774. The molecule has 0 saturated heterocycles. The van der Waals surface area contributed by atoms with Crippen LogP contribution in [0.3, 0.4) is 0 Å². The Hall–Kier alpha value is -1.46. The molecular weight excluding hydrogens is 267 g/mol. The van der Waals surface area contributed by atoms with Gasteiger partial charge in [0.05, 0.1) is 5.56 Å². The Bertz CT molecular complexity index is 419. The Morgan fingerprint density at radius 2 is 1.85 bits per heavy atom. The van der Waals surface area contributed by atoms with Crippen LogP contribution in [0.2, 0.25) is 0 Å². The van der Waals surface area contributed by atoms with Gasteiger partial charge < -0.3 is 10.6 Å². The lowest BCUT2D eigenvalue weighted by molar-refractivity contribution is -0.137. The van der Waals surface area contributed by atoms with Crippen molar-refractivity contribution < 1.29 is 13.2 Å². The van der Waals surface area contributed by atoms with E-state index < -0.39 is 11.7 Å². The van der Waals surface area contributed by atoms with Crippen LogP contribution in [0.5, 0.6) is 0 Å². The summed E-state index contributed by atoms with van der Waals surface area (Å²) in [7, 11) is 0. The predicted molar refractivity (Wildman–Crippen MR) is 76.0 cm³/mol. The fraction of sp³-hybridized carbons (Fsp3) is 0.643. The van der Waals surface area contributed by atoms with Gasteiger partial charge in [-0.15, -0.1) is 0 Å². The van der Waals surface area contributed by atoms with Crippen molar-refractivity contribution in [2.24, 2.45) is 0 Å². The van der Waals surface area contributed by atoms with Gasteiger partial charge >= 0.3 is 6.18 Å². The van der Waals surface area contributed by atoms with Crippen molar-refractivity contribution in [1.29, 1.82) is 0 Å². The first-order valence-corrected chi connectivity index (χ1v) is 6.96. The second-order valence-electron chi connectivity index (χ2n) is 4.84. The molecule has 0 spiro atoms. The van der Waals surface area contributed by atoms with Crippen LogP contribution in [0, 0.1) is 0 Å². The number of hydrogen-bond donors (Lipinski definition) is 2. The van der Waals surface area contributed by atoms with E-state index in [9.17, 15) is 13.2 Å². The van der Waals surface area contributed by atoms with E-state index in [2.05, 4.69) is 22.5 Å². The highest BCUT2D eigenvalue weighted by atomic mass is 19.4. The summed E-state index contributed by atoms with van der Waals surface area (Å²) in [6, 6.07) is 2.19. The SMILES string of the molecule is CCCCC(C)Nc1cc(C(F)(F)F)cc(NCC)n1. The first kappa shape index (κ1) is 16.6. The van der Waals surface area contributed by atoms with Gasteiger partial charge in [-0.2, -0.15) is 13.2 Å². The zero-order valence-electron chi connectivity index (χ0n) is 12.1. The molecule has 114 valence electrons.